The van der Waals surface area contributed by atoms with Crippen molar-refractivity contribution in [3.8, 4) is 0 Å². The predicted octanol–water partition coefficient (Wildman–Crippen LogP) is 0.601. The highest BCUT2D eigenvalue weighted by molar-refractivity contribution is 6.40. The lowest BCUT2D eigenvalue weighted by molar-refractivity contribution is -0.147. The van der Waals surface area contributed by atoms with Gasteiger partial charge >= 0.3 is 11.8 Å². The van der Waals surface area contributed by atoms with E-state index >= 15 is 0 Å². The molecule has 3 aliphatic rings. The van der Waals surface area contributed by atoms with Gasteiger partial charge in [-0.25, -0.2) is 4.39 Å². The van der Waals surface area contributed by atoms with Crippen LogP contribution in [0.15, 0.2) is 24.3 Å². The number of anilines is 1. The molecule has 1 aromatic carbocycles. The molecule has 4 unspecified atom stereocenters. The normalized spacial score (nSPS) is 26.9. The number of para-hydroxylation sites is 1. The standard InChI is InChI=1S/C23H27FN4O5/c24-17-6-1-2-7-18(17)27-22(32)23(33)28-11-14-4-3-5-16(14)19(28)21(31)26-15(12-29)10-13-8-9-25-20(13)30/h1-2,6-7,12-16,19H,3-5,8-11H2,(H,25,30)(H,26,31)(H,27,32)/t13-,14?,15?,16?,19?/m0/s1. The van der Waals surface area contributed by atoms with Gasteiger partial charge in [0, 0.05) is 19.0 Å². The van der Waals surface area contributed by atoms with E-state index in [2.05, 4.69) is 16.0 Å². The molecule has 33 heavy (non-hydrogen) atoms. The highest BCUT2D eigenvalue weighted by Crippen LogP contribution is 2.42. The molecule has 3 N–H and O–H groups in total. The van der Waals surface area contributed by atoms with Crippen LogP contribution in [-0.2, 0) is 24.0 Å². The molecule has 5 atom stereocenters. The number of rotatable bonds is 6. The van der Waals surface area contributed by atoms with E-state index in [9.17, 15) is 28.4 Å². The summed E-state index contributed by atoms with van der Waals surface area (Å²) < 4.78 is 13.9. The number of hydrogen-bond acceptors (Lipinski definition) is 5. The van der Waals surface area contributed by atoms with Gasteiger partial charge in [0.15, 0.2) is 0 Å². The lowest BCUT2D eigenvalue weighted by Crippen LogP contribution is -2.53. The van der Waals surface area contributed by atoms with Crippen molar-refractivity contribution < 1.29 is 28.4 Å². The topological polar surface area (TPSA) is 125 Å². The first-order valence-electron chi connectivity index (χ1n) is 11.3. The molecule has 3 fully saturated rings. The van der Waals surface area contributed by atoms with Gasteiger partial charge in [-0.1, -0.05) is 18.6 Å². The number of halogens is 1. The number of aldehydes is 1. The minimum absolute atomic E-state index is 0.0845. The number of nitrogens with one attached hydrogen (secondary N) is 3. The van der Waals surface area contributed by atoms with Crippen molar-refractivity contribution in [3.63, 3.8) is 0 Å². The molecule has 2 heterocycles. The van der Waals surface area contributed by atoms with E-state index in [0.29, 0.717) is 19.3 Å². The van der Waals surface area contributed by atoms with E-state index in [1.165, 1.54) is 29.2 Å². The molecule has 10 heteroatoms. The van der Waals surface area contributed by atoms with Crippen molar-refractivity contribution in [2.45, 2.75) is 44.2 Å². The van der Waals surface area contributed by atoms with Crippen LogP contribution in [0.5, 0.6) is 0 Å². The summed E-state index contributed by atoms with van der Waals surface area (Å²) in [6, 6.07) is 3.75. The van der Waals surface area contributed by atoms with Crippen molar-refractivity contribution >= 4 is 35.6 Å². The monoisotopic (exact) mass is 458 g/mol. The molecule has 4 amide bonds. The smallest absolute Gasteiger partial charge is 0.314 e. The third-order valence-electron chi connectivity index (χ3n) is 6.93. The molecule has 2 saturated heterocycles. The highest BCUT2D eigenvalue weighted by Gasteiger charge is 2.50. The number of likely N-dealkylation sites (tertiary alicyclic amines) is 1. The molecule has 1 saturated carbocycles. The van der Waals surface area contributed by atoms with Crippen LogP contribution in [-0.4, -0.2) is 60.0 Å². The molecule has 0 aromatic heterocycles. The van der Waals surface area contributed by atoms with E-state index in [1.807, 2.05) is 0 Å². The minimum atomic E-state index is -1.02. The molecular formula is C23H27FN4O5. The first kappa shape index (κ1) is 22.9. The van der Waals surface area contributed by atoms with E-state index in [0.717, 1.165) is 19.3 Å². The molecule has 1 aliphatic carbocycles. The first-order chi connectivity index (χ1) is 15.9. The first-order valence-corrected chi connectivity index (χ1v) is 11.3. The maximum atomic E-state index is 13.9. The third-order valence-corrected chi connectivity index (χ3v) is 6.93. The van der Waals surface area contributed by atoms with Crippen molar-refractivity contribution in [1.82, 2.24) is 15.5 Å². The van der Waals surface area contributed by atoms with Crippen molar-refractivity contribution in [1.29, 1.82) is 0 Å². The second-order valence-corrected chi connectivity index (χ2v) is 8.95. The van der Waals surface area contributed by atoms with Crippen molar-refractivity contribution in [3.05, 3.63) is 30.1 Å². The molecule has 176 valence electrons. The average Bonchev–Trinajstić information content (AvgIpc) is 3.50. The third kappa shape index (κ3) is 4.74. The van der Waals surface area contributed by atoms with Crippen LogP contribution < -0.4 is 16.0 Å². The van der Waals surface area contributed by atoms with E-state index in [4.69, 9.17) is 0 Å². The maximum Gasteiger partial charge on any atom is 0.314 e. The fourth-order valence-electron chi connectivity index (χ4n) is 5.31. The maximum absolute atomic E-state index is 13.9. The fourth-order valence-corrected chi connectivity index (χ4v) is 5.31. The molecule has 0 bridgehead atoms. The summed E-state index contributed by atoms with van der Waals surface area (Å²) in [7, 11) is 0. The Morgan fingerprint density at radius 1 is 1.21 bits per heavy atom. The Morgan fingerprint density at radius 3 is 2.70 bits per heavy atom. The summed E-state index contributed by atoms with van der Waals surface area (Å²) in [5.41, 5.74) is -0.118. The van der Waals surface area contributed by atoms with Crippen molar-refractivity contribution in [2.24, 2.45) is 17.8 Å². The van der Waals surface area contributed by atoms with Gasteiger partial charge in [-0.15, -0.1) is 0 Å². The van der Waals surface area contributed by atoms with Crippen LogP contribution in [0, 0.1) is 23.6 Å². The molecule has 1 aromatic rings. The summed E-state index contributed by atoms with van der Waals surface area (Å²) in [5, 5.41) is 7.66. The molecule has 0 spiro atoms. The van der Waals surface area contributed by atoms with E-state index in [-0.39, 0.29) is 42.3 Å². The summed E-state index contributed by atoms with van der Waals surface area (Å²) in [5.74, 6) is -3.64. The predicted molar refractivity (Wildman–Crippen MR) is 115 cm³/mol. The van der Waals surface area contributed by atoms with E-state index in [1.54, 1.807) is 0 Å². The largest absolute Gasteiger partial charge is 0.356 e. The minimum Gasteiger partial charge on any atom is -0.356 e. The average molecular weight is 458 g/mol. The molecule has 0 radical (unpaired) electrons. The Bertz CT molecular complexity index is 970. The number of carbonyl (C=O) groups excluding carboxylic acids is 5. The molecular weight excluding hydrogens is 431 g/mol. The van der Waals surface area contributed by atoms with Crippen molar-refractivity contribution in [2.75, 3.05) is 18.4 Å². The summed E-state index contributed by atoms with van der Waals surface area (Å²) in [6.45, 7) is 0.790. The lowest BCUT2D eigenvalue weighted by atomic mass is 9.92. The number of fused-ring (bicyclic) bond motifs is 1. The fraction of sp³-hybridized carbons (Fsp3) is 0.522. The second-order valence-electron chi connectivity index (χ2n) is 8.95. The number of benzene rings is 1. The van der Waals surface area contributed by atoms with E-state index < -0.39 is 35.6 Å². The Hall–Kier alpha value is -3.30. The van der Waals surface area contributed by atoms with Crippen LogP contribution in [0.1, 0.15) is 32.1 Å². The molecule has 4 rings (SSSR count). The Labute approximate surface area is 190 Å². The summed E-state index contributed by atoms with van der Waals surface area (Å²) in [6.07, 6.45) is 3.87. The summed E-state index contributed by atoms with van der Waals surface area (Å²) in [4.78, 5) is 63.5. The van der Waals surface area contributed by atoms with Gasteiger partial charge in [0.05, 0.1) is 11.7 Å². The van der Waals surface area contributed by atoms with Crippen LogP contribution >= 0.6 is 0 Å². The number of amides is 4. The zero-order valence-electron chi connectivity index (χ0n) is 18.1. The zero-order valence-corrected chi connectivity index (χ0v) is 18.1. The SMILES string of the molecule is O=CC(C[C@@H]1CCNC1=O)NC(=O)C1C2CCCC2CN1C(=O)C(=O)Nc1ccccc1F. The van der Waals surface area contributed by atoms with Gasteiger partial charge < -0.3 is 25.6 Å². The number of hydrogen-bond donors (Lipinski definition) is 3. The number of carbonyl (C=O) groups is 5. The highest BCUT2D eigenvalue weighted by atomic mass is 19.1. The van der Waals surface area contributed by atoms with Gasteiger partial charge in [-0.05, 0) is 49.7 Å². The van der Waals surface area contributed by atoms with Gasteiger partial charge in [-0.3, -0.25) is 19.2 Å². The van der Waals surface area contributed by atoms with Crippen LogP contribution in [0.25, 0.3) is 0 Å². The Morgan fingerprint density at radius 2 is 2.00 bits per heavy atom. The lowest BCUT2D eigenvalue weighted by Gasteiger charge is -2.28. The second kappa shape index (κ2) is 9.68. The molecule has 9 nitrogen and oxygen atoms in total. The molecule has 2 aliphatic heterocycles. The van der Waals surface area contributed by atoms with Crippen LogP contribution in [0.3, 0.4) is 0 Å². The van der Waals surface area contributed by atoms with Gasteiger partial charge in [0.1, 0.15) is 18.1 Å². The zero-order chi connectivity index (χ0) is 23.5. The quantitative estimate of drug-likeness (QED) is 0.425. The van der Waals surface area contributed by atoms with Gasteiger partial charge in [0.2, 0.25) is 11.8 Å². The van der Waals surface area contributed by atoms with Crippen LogP contribution in [0.4, 0.5) is 10.1 Å². The van der Waals surface area contributed by atoms with Crippen LogP contribution in [0.2, 0.25) is 0 Å². The van der Waals surface area contributed by atoms with Gasteiger partial charge in [0.25, 0.3) is 0 Å². The Balaban J connectivity index is 1.46. The van der Waals surface area contributed by atoms with Gasteiger partial charge in [-0.2, -0.15) is 0 Å². The Kier molecular flexibility index (Phi) is 6.71. The number of nitrogens with zero attached hydrogens (tertiary/aromatic N) is 1. The summed E-state index contributed by atoms with van der Waals surface area (Å²) >= 11 is 0.